The Morgan fingerprint density at radius 2 is 1.53 bits per heavy atom. The second-order valence-corrected chi connectivity index (χ2v) is 6.28. The van der Waals surface area contributed by atoms with Gasteiger partial charge in [-0.25, -0.2) is 0 Å². The Morgan fingerprint density at radius 3 is 2.00 bits per heavy atom. The van der Waals surface area contributed by atoms with Gasteiger partial charge in [-0.1, -0.05) is 34.1 Å². The van der Waals surface area contributed by atoms with Crippen molar-refractivity contribution in [3.05, 3.63) is 0 Å². The molecule has 2 atom stereocenters. The maximum Gasteiger partial charge on any atom is 0.0515 e. The normalized spacial score (nSPS) is 17.1. The molecule has 0 amide bonds. The molecule has 17 heavy (non-hydrogen) atoms. The summed E-state index contributed by atoms with van der Waals surface area (Å²) < 4.78 is 10.6. The predicted molar refractivity (Wildman–Crippen MR) is 74.3 cm³/mol. The van der Waals surface area contributed by atoms with E-state index in [0.717, 1.165) is 19.1 Å². The maximum atomic E-state index is 5.40. The topological polar surface area (TPSA) is 18.5 Å². The summed E-state index contributed by atoms with van der Waals surface area (Å²) in [5.74, 6) is 1.43. The molecule has 2 nitrogen and oxygen atoms in total. The number of rotatable bonds is 10. The average Bonchev–Trinajstić information content (AvgIpc) is 2.25. The molecule has 104 valence electrons. The minimum atomic E-state index is 0.334. The van der Waals surface area contributed by atoms with E-state index in [-0.39, 0.29) is 0 Å². The van der Waals surface area contributed by atoms with Crippen LogP contribution in [0.1, 0.15) is 53.4 Å². The maximum absolute atomic E-state index is 5.40. The van der Waals surface area contributed by atoms with Gasteiger partial charge in [0.25, 0.3) is 0 Å². The van der Waals surface area contributed by atoms with Crippen molar-refractivity contribution in [1.82, 2.24) is 0 Å². The zero-order chi connectivity index (χ0) is 13.3. The Hall–Kier alpha value is -0.0800. The van der Waals surface area contributed by atoms with Gasteiger partial charge >= 0.3 is 0 Å². The number of methoxy groups -OCH3 is 2. The molecule has 2 unspecified atom stereocenters. The van der Waals surface area contributed by atoms with Gasteiger partial charge in [-0.15, -0.1) is 0 Å². The summed E-state index contributed by atoms with van der Waals surface area (Å²) in [6.07, 6.45) is 5.01. The third-order valence-electron chi connectivity index (χ3n) is 3.51. The van der Waals surface area contributed by atoms with Crippen molar-refractivity contribution in [2.45, 2.75) is 53.4 Å². The molecule has 0 aromatic carbocycles. The molecule has 0 aliphatic heterocycles. The number of hydrogen-bond donors (Lipinski definition) is 0. The third-order valence-corrected chi connectivity index (χ3v) is 3.51. The third kappa shape index (κ3) is 8.62. The van der Waals surface area contributed by atoms with Crippen molar-refractivity contribution < 1.29 is 9.47 Å². The first-order chi connectivity index (χ1) is 7.93. The van der Waals surface area contributed by atoms with Gasteiger partial charge in [0.15, 0.2) is 0 Å². The lowest BCUT2D eigenvalue weighted by Crippen LogP contribution is -2.24. The lowest BCUT2D eigenvalue weighted by molar-refractivity contribution is 0.0641. The van der Waals surface area contributed by atoms with Crippen LogP contribution in [-0.4, -0.2) is 27.4 Å². The quantitative estimate of drug-likeness (QED) is 0.575. The minimum absolute atomic E-state index is 0.334. The van der Waals surface area contributed by atoms with Crippen molar-refractivity contribution in [3.8, 4) is 0 Å². The van der Waals surface area contributed by atoms with Crippen LogP contribution < -0.4 is 0 Å². The van der Waals surface area contributed by atoms with Crippen LogP contribution in [0.5, 0.6) is 0 Å². The summed E-state index contributed by atoms with van der Waals surface area (Å²) >= 11 is 0. The first-order valence-corrected chi connectivity index (χ1v) is 6.91. The van der Waals surface area contributed by atoms with Crippen LogP contribution in [0.15, 0.2) is 0 Å². The fraction of sp³-hybridized carbons (Fsp3) is 1.00. The van der Waals surface area contributed by atoms with E-state index in [2.05, 4.69) is 27.7 Å². The molecule has 0 rings (SSSR count). The van der Waals surface area contributed by atoms with Gasteiger partial charge in [0.2, 0.25) is 0 Å². The van der Waals surface area contributed by atoms with Crippen LogP contribution in [0.3, 0.4) is 0 Å². The molecular formula is C15H32O2. The fourth-order valence-corrected chi connectivity index (χ4v) is 2.22. The molecule has 0 aliphatic carbocycles. The Bertz CT molecular complexity index is 180. The highest BCUT2D eigenvalue weighted by Crippen LogP contribution is 2.32. The first kappa shape index (κ1) is 16.9. The molecule has 0 aromatic rings. The van der Waals surface area contributed by atoms with Gasteiger partial charge in [0.05, 0.1) is 6.61 Å². The van der Waals surface area contributed by atoms with Crippen LogP contribution in [0, 0.1) is 17.3 Å². The standard InChI is InChI=1S/C15H32O2/c1-13(2)7-9-15(4,12-17-6)10-8-14(3)11-16-5/h13-14H,7-12H2,1-6H3. The Kier molecular flexibility index (Phi) is 8.89. The summed E-state index contributed by atoms with van der Waals surface area (Å²) in [4.78, 5) is 0. The summed E-state index contributed by atoms with van der Waals surface area (Å²) in [7, 11) is 3.59. The van der Waals surface area contributed by atoms with Crippen molar-refractivity contribution in [2.24, 2.45) is 17.3 Å². The fourth-order valence-electron chi connectivity index (χ4n) is 2.22. The summed E-state index contributed by atoms with van der Waals surface area (Å²) in [6, 6.07) is 0. The van der Waals surface area contributed by atoms with Gasteiger partial charge in [-0.05, 0) is 36.5 Å². The van der Waals surface area contributed by atoms with Crippen LogP contribution in [0.4, 0.5) is 0 Å². The highest BCUT2D eigenvalue weighted by Gasteiger charge is 2.24. The molecule has 2 heteroatoms. The van der Waals surface area contributed by atoms with Crippen molar-refractivity contribution in [2.75, 3.05) is 27.4 Å². The van der Waals surface area contributed by atoms with E-state index < -0.39 is 0 Å². The molecule has 0 spiro atoms. The molecule has 0 aromatic heterocycles. The number of hydrogen-bond acceptors (Lipinski definition) is 2. The van der Waals surface area contributed by atoms with Gasteiger partial charge in [-0.2, -0.15) is 0 Å². The average molecular weight is 244 g/mol. The van der Waals surface area contributed by atoms with E-state index in [9.17, 15) is 0 Å². The van der Waals surface area contributed by atoms with Crippen molar-refractivity contribution in [3.63, 3.8) is 0 Å². The van der Waals surface area contributed by atoms with E-state index in [4.69, 9.17) is 9.47 Å². The second kappa shape index (κ2) is 8.93. The summed E-state index contributed by atoms with van der Waals surface area (Å²) in [5, 5.41) is 0. The zero-order valence-electron chi connectivity index (χ0n) is 12.7. The van der Waals surface area contributed by atoms with Gasteiger partial charge < -0.3 is 9.47 Å². The van der Waals surface area contributed by atoms with E-state index >= 15 is 0 Å². The van der Waals surface area contributed by atoms with Gasteiger partial charge in [-0.3, -0.25) is 0 Å². The molecular weight excluding hydrogens is 212 g/mol. The van der Waals surface area contributed by atoms with Gasteiger partial charge in [0, 0.05) is 20.8 Å². The SMILES string of the molecule is COCC(C)CCC(C)(CCC(C)C)COC. The highest BCUT2D eigenvalue weighted by atomic mass is 16.5. The summed E-state index contributed by atoms with van der Waals surface area (Å²) in [6.45, 7) is 11.0. The van der Waals surface area contributed by atoms with Crippen LogP contribution in [-0.2, 0) is 9.47 Å². The first-order valence-electron chi connectivity index (χ1n) is 6.91. The lowest BCUT2D eigenvalue weighted by atomic mass is 9.78. The Morgan fingerprint density at radius 1 is 0.941 bits per heavy atom. The minimum Gasteiger partial charge on any atom is -0.384 e. The second-order valence-electron chi connectivity index (χ2n) is 6.28. The smallest absolute Gasteiger partial charge is 0.0515 e. The molecule has 0 heterocycles. The van der Waals surface area contributed by atoms with Gasteiger partial charge in [0.1, 0.15) is 0 Å². The predicted octanol–water partition coefficient (Wildman–Crippen LogP) is 4.14. The zero-order valence-corrected chi connectivity index (χ0v) is 12.7. The lowest BCUT2D eigenvalue weighted by Gasteiger charge is -2.30. The summed E-state index contributed by atoms with van der Waals surface area (Å²) in [5.41, 5.74) is 0.334. The van der Waals surface area contributed by atoms with Crippen LogP contribution >= 0.6 is 0 Å². The molecule has 0 saturated carbocycles. The van der Waals surface area contributed by atoms with E-state index in [1.807, 2.05) is 7.11 Å². The molecule has 0 bridgehead atoms. The number of ether oxygens (including phenoxy) is 2. The van der Waals surface area contributed by atoms with Crippen LogP contribution in [0.2, 0.25) is 0 Å². The molecule has 0 aliphatic rings. The van der Waals surface area contributed by atoms with Crippen LogP contribution in [0.25, 0.3) is 0 Å². The van der Waals surface area contributed by atoms with E-state index in [1.54, 1.807) is 7.11 Å². The van der Waals surface area contributed by atoms with E-state index in [1.165, 1.54) is 25.7 Å². The molecule has 0 radical (unpaired) electrons. The van der Waals surface area contributed by atoms with Crippen molar-refractivity contribution >= 4 is 0 Å². The van der Waals surface area contributed by atoms with Crippen molar-refractivity contribution in [1.29, 1.82) is 0 Å². The Balaban J connectivity index is 4.10. The largest absolute Gasteiger partial charge is 0.384 e. The molecule has 0 saturated heterocycles. The van der Waals surface area contributed by atoms with E-state index in [0.29, 0.717) is 11.3 Å². The molecule has 0 N–H and O–H groups in total. The monoisotopic (exact) mass is 244 g/mol. The molecule has 0 fully saturated rings. The Labute approximate surface area is 108 Å². The highest BCUT2D eigenvalue weighted by molar-refractivity contribution is 4.75.